The SMILES string of the molecule is Brc1ccc(-c2ccc3c(c2)c2cc(-c4ccc5c(c4)c4cc(-c6ccc(Br)cc6)ccc4n5-c4ccccc4)ccc2n3-c2ccccc2)cc1.Brc1ccc(I)cc1.CC1(C)OB(c2ccc3c(c2)c2cc(-c4ccc5c(c4)c4cc(B6OC(C)(C)C(C)(C)O6)ccc4n5-c4ccccc4)ccc2n3-c2ccccc2)OC1(C)C. The van der Waals surface area contributed by atoms with Gasteiger partial charge in [-0.15, -0.1) is 0 Å². The fourth-order valence-corrected chi connectivity index (χ4v) is 17.7. The first kappa shape index (κ1) is 75.7. The minimum absolute atomic E-state index is 0.425. The molecule has 0 unspecified atom stereocenters. The van der Waals surface area contributed by atoms with Gasteiger partial charge in [0, 0.05) is 82.8 Å². The summed E-state index contributed by atoms with van der Waals surface area (Å²) in [6.07, 6.45) is 0. The first-order valence-corrected chi connectivity index (χ1v) is 42.7. The molecule has 0 radical (unpaired) electrons. The van der Waals surface area contributed by atoms with Crippen LogP contribution in [0.5, 0.6) is 0 Å². The van der Waals surface area contributed by atoms with Crippen LogP contribution in [0.25, 0.3) is 154 Å². The number of halogens is 4. The molecule has 21 rings (SSSR count). The van der Waals surface area contributed by atoms with Gasteiger partial charge in [-0.1, -0.05) is 206 Å². The number of fused-ring (bicyclic) bond motifs is 12. The highest BCUT2D eigenvalue weighted by Gasteiger charge is 2.53. The van der Waals surface area contributed by atoms with Crippen molar-refractivity contribution in [1.29, 1.82) is 0 Å². The molecule has 15 aromatic carbocycles. The number of hydrogen-bond acceptors (Lipinski definition) is 4. The molecule has 2 aliphatic heterocycles. The minimum atomic E-state index is -0.450. The number of nitrogens with zero attached hydrogens (tertiary/aromatic N) is 4. The van der Waals surface area contributed by atoms with Crippen LogP contribution in [0, 0.1) is 3.57 Å². The fraction of sp³-hybridized carbons (Fsp3) is 0.118. The number of rotatable bonds is 10. The third-order valence-corrected chi connectivity index (χ3v) is 26.3. The molecule has 19 aromatic rings. The van der Waals surface area contributed by atoms with Crippen LogP contribution in [0.2, 0.25) is 0 Å². The molecular weight excluding hydrogens is 1730 g/mol. The monoisotopic (exact) mass is 1810 g/mol. The van der Waals surface area contributed by atoms with Crippen LogP contribution in [-0.4, -0.2) is 54.9 Å². The number of aromatic nitrogens is 4. The molecule has 116 heavy (non-hydrogen) atoms. The third-order valence-electron chi connectivity index (χ3n) is 24.0. The fourth-order valence-electron chi connectivity index (χ4n) is 16.6. The van der Waals surface area contributed by atoms with Gasteiger partial charge in [-0.3, -0.25) is 0 Å². The van der Waals surface area contributed by atoms with E-state index >= 15 is 0 Å². The summed E-state index contributed by atoms with van der Waals surface area (Å²) in [6, 6.07) is 122. The highest BCUT2D eigenvalue weighted by Crippen LogP contribution is 2.45. The van der Waals surface area contributed by atoms with Gasteiger partial charge in [0.2, 0.25) is 0 Å². The molecule has 6 heterocycles. The molecule has 2 aliphatic rings. The quantitative estimate of drug-likeness (QED) is 0.101. The van der Waals surface area contributed by atoms with Crippen LogP contribution in [0.15, 0.2) is 353 Å². The van der Waals surface area contributed by atoms with Crippen molar-refractivity contribution in [3.63, 3.8) is 0 Å². The van der Waals surface area contributed by atoms with Crippen molar-refractivity contribution < 1.29 is 18.6 Å². The molecule has 2 saturated heterocycles. The Bertz CT molecular complexity index is 6550. The Balaban J connectivity index is 0.000000141. The van der Waals surface area contributed by atoms with Crippen molar-refractivity contribution in [3.8, 4) is 67.3 Å². The molecule has 8 nitrogen and oxygen atoms in total. The van der Waals surface area contributed by atoms with Crippen LogP contribution in [-0.2, 0) is 18.6 Å². The maximum atomic E-state index is 6.52. The topological polar surface area (TPSA) is 56.6 Å². The third kappa shape index (κ3) is 13.8. The van der Waals surface area contributed by atoms with E-state index in [-0.39, 0.29) is 0 Å². The molecule has 0 N–H and O–H groups in total. The summed E-state index contributed by atoms with van der Waals surface area (Å²) in [7, 11) is -0.900. The van der Waals surface area contributed by atoms with Crippen LogP contribution in [0.3, 0.4) is 0 Å². The van der Waals surface area contributed by atoms with E-state index in [1.807, 2.05) is 12.1 Å². The molecule has 2 fully saturated rings. The van der Waals surface area contributed by atoms with Gasteiger partial charge in [0.15, 0.2) is 0 Å². The molecule has 0 atom stereocenters. The molecular formula is C102H80B2Br3IN4O4. The van der Waals surface area contributed by atoms with Gasteiger partial charge in [-0.05, 0) is 315 Å². The van der Waals surface area contributed by atoms with Crippen molar-refractivity contribution in [2.75, 3.05) is 0 Å². The Labute approximate surface area is 715 Å². The lowest BCUT2D eigenvalue weighted by atomic mass is 9.78. The second-order valence-corrected chi connectivity index (χ2v) is 36.2. The van der Waals surface area contributed by atoms with Crippen molar-refractivity contribution in [1.82, 2.24) is 18.3 Å². The summed E-state index contributed by atoms with van der Waals surface area (Å²) in [4.78, 5) is 0. The molecule has 0 bridgehead atoms. The second kappa shape index (κ2) is 30.0. The van der Waals surface area contributed by atoms with Gasteiger partial charge in [-0.25, -0.2) is 0 Å². The molecule has 566 valence electrons. The van der Waals surface area contributed by atoms with Gasteiger partial charge in [0.1, 0.15) is 0 Å². The summed E-state index contributed by atoms with van der Waals surface area (Å²) >= 11 is 12.8. The van der Waals surface area contributed by atoms with E-state index in [4.69, 9.17) is 18.6 Å². The lowest BCUT2D eigenvalue weighted by Gasteiger charge is -2.32. The van der Waals surface area contributed by atoms with Gasteiger partial charge < -0.3 is 36.9 Å². The van der Waals surface area contributed by atoms with E-state index in [1.54, 1.807) is 0 Å². The van der Waals surface area contributed by atoms with Crippen molar-refractivity contribution >= 4 is 183 Å². The average Bonchev–Trinajstić information content (AvgIpc) is 1.59. The van der Waals surface area contributed by atoms with Crippen LogP contribution in [0.1, 0.15) is 55.4 Å². The van der Waals surface area contributed by atoms with Gasteiger partial charge >= 0.3 is 14.2 Å². The lowest BCUT2D eigenvalue weighted by molar-refractivity contribution is 0.00578. The Morgan fingerprint density at radius 1 is 0.224 bits per heavy atom. The van der Waals surface area contributed by atoms with Gasteiger partial charge in [0.25, 0.3) is 0 Å². The first-order chi connectivity index (χ1) is 56.1. The smallest absolute Gasteiger partial charge is 0.399 e. The predicted octanol–water partition coefficient (Wildman–Crippen LogP) is 27.6. The molecule has 0 saturated carbocycles. The van der Waals surface area contributed by atoms with Gasteiger partial charge in [-0.2, -0.15) is 0 Å². The van der Waals surface area contributed by atoms with E-state index in [1.165, 1.54) is 91.3 Å². The summed E-state index contributed by atoms with van der Waals surface area (Å²) in [5.41, 5.74) is 23.7. The summed E-state index contributed by atoms with van der Waals surface area (Å²) in [6.45, 7) is 16.8. The second-order valence-electron chi connectivity index (χ2n) is 32.3. The number of para-hydroxylation sites is 4. The van der Waals surface area contributed by atoms with Crippen molar-refractivity contribution in [2.45, 2.75) is 77.8 Å². The van der Waals surface area contributed by atoms with Crippen LogP contribution >= 0.6 is 70.4 Å². The van der Waals surface area contributed by atoms with E-state index in [0.29, 0.717) is 0 Å². The number of benzene rings is 15. The van der Waals surface area contributed by atoms with E-state index < -0.39 is 36.6 Å². The molecule has 0 spiro atoms. The highest BCUT2D eigenvalue weighted by atomic mass is 127. The first-order valence-electron chi connectivity index (χ1n) is 39.3. The van der Waals surface area contributed by atoms with Crippen molar-refractivity contribution in [2.24, 2.45) is 0 Å². The zero-order valence-corrected chi connectivity index (χ0v) is 72.3. The summed E-state index contributed by atoms with van der Waals surface area (Å²) in [5.74, 6) is 0. The molecule has 0 aliphatic carbocycles. The summed E-state index contributed by atoms with van der Waals surface area (Å²) < 4.78 is 40.1. The highest BCUT2D eigenvalue weighted by molar-refractivity contribution is 14.1. The van der Waals surface area contributed by atoms with Crippen molar-refractivity contribution in [3.05, 3.63) is 357 Å². The Morgan fingerprint density at radius 2 is 0.414 bits per heavy atom. The van der Waals surface area contributed by atoms with E-state index in [9.17, 15) is 0 Å². The van der Waals surface area contributed by atoms with E-state index in [2.05, 4.69) is 472 Å². The standard InChI is InChI=1S/C48H46B2N2O4.C48H30Br2N2.C6H4BrI/c1-45(2)46(3,4)54-49(53-45)33-21-25-43-39(29-33)37-27-31(19-23-41(37)51(43)35-15-11-9-12-16-35)32-20-24-42-38(28-32)40-30-34(50-55-47(5,6)48(7,8)56-50)22-26-44(40)52(42)36-17-13-10-14-18-36;49-37-19-11-31(12-20-37)33-15-23-45-41(27-33)43-29-35(17-25-47(43)51(45)39-7-3-1-4-8-39)36-18-26-48-44(30-36)42-28-34(32-13-21-38(50)22-14-32)16-24-46(42)52(48)40-9-5-2-6-10-40;7-5-1-3-6(8)4-2-5/h9-30H,1-8H3;1-30H;1-4H. The van der Waals surface area contributed by atoms with Crippen LogP contribution in [0.4, 0.5) is 0 Å². The zero-order chi connectivity index (χ0) is 79.5. The maximum absolute atomic E-state index is 6.52. The minimum Gasteiger partial charge on any atom is -0.399 e. The molecule has 4 aromatic heterocycles. The van der Waals surface area contributed by atoms with Gasteiger partial charge in [0.05, 0.1) is 66.5 Å². The molecule has 0 amide bonds. The largest absolute Gasteiger partial charge is 0.494 e. The molecule has 14 heteroatoms. The predicted molar refractivity (Wildman–Crippen MR) is 506 cm³/mol. The lowest BCUT2D eigenvalue weighted by Crippen LogP contribution is -2.41. The maximum Gasteiger partial charge on any atom is 0.494 e. The van der Waals surface area contributed by atoms with Crippen LogP contribution < -0.4 is 10.9 Å². The number of hydrogen-bond donors (Lipinski definition) is 0. The Morgan fingerprint density at radius 3 is 0.638 bits per heavy atom. The summed E-state index contributed by atoms with van der Waals surface area (Å²) in [5, 5.41) is 9.62. The Hall–Kier alpha value is -10.4. The average molecular weight is 1810 g/mol. The normalized spacial score (nSPS) is 14.8. The zero-order valence-electron chi connectivity index (χ0n) is 65.4. The van der Waals surface area contributed by atoms with E-state index in [0.717, 1.165) is 91.1 Å². The Kier molecular flexibility index (Phi) is 19.6.